The summed E-state index contributed by atoms with van der Waals surface area (Å²) in [6.45, 7) is 5.16. The number of amides is 1. The highest BCUT2D eigenvalue weighted by Gasteiger charge is 2.29. The molecule has 8 nitrogen and oxygen atoms in total. The third kappa shape index (κ3) is 6.07. The van der Waals surface area contributed by atoms with Crippen LogP contribution in [0.4, 0.5) is 5.69 Å². The van der Waals surface area contributed by atoms with Gasteiger partial charge in [-0.2, -0.15) is 4.31 Å². The van der Waals surface area contributed by atoms with Gasteiger partial charge < -0.3 is 4.90 Å². The number of piperidine rings is 1. The third-order valence-corrected chi connectivity index (χ3v) is 10.4. The molecule has 1 saturated heterocycles. The Morgan fingerprint density at radius 1 is 0.974 bits per heavy atom. The normalized spacial score (nSPS) is 17.1. The summed E-state index contributed by atoms with van der Waals surface area (Å²) in [7, 11) is -3.56. The van der Waals surface area contributed by atoms with Crippen molar-refractivity contribution in [2.45, 2.75) is 80.9 Å². The Balaban J connectivity index is 1.42. The molecule has 10 heteroatoms. The zero-order valence-corrected chi connectivity index (χ0v) is 24.3. The van der Waals surface area contributed by atoms with Gasteiger partial charge in [0, 0.05) is 36.4 Å². The molecule has 2 aliphatic rings. The molecule has 0 spiro atoms. The predicted octanol–water partition coefficient (Wildman–Crippen LogP) is 5.77. The summed E-state index contributed by atoms with van der Waals surface area (Å²) >= 11 is 1.40. The van der Waals surface area contributed by atoms with Gasteiger partial charge in [-0.3, -0.25) is 9.36 Å². The molecule has 0 bridgehead atoms. The van der Waals surface area contributed by atoms with Crippen LogP contribution in [0, 0.1) is 0 Å². The van der Waals surface area contributed by atoms with Crippen LogP contribution >= 0.6 is 11.8 Å². The Labute approximate surface area is 235 Å². The molecular formula is C29H37N5O3S2. The molecule has 208 valence electrons. The van der Waals surface area contributed by atoms with E-state index in [2.05, 4.69) is 14.8 Å². The van der Waals surface area contributed by atoms with Crippen molar-refractivity contribution in [3.8, 4) is 11.4 Å². The number of thioether (sulfide) groups is 1. The van der Waals surface area contributed by atoms with Crippen molar-refractivity contribution in [1.82, 2.24) is 19.1 Å². The number of sulfonamides is 1. The summed E-state index contributed by atoms with van der Waals surface area (Å²) < 4.78 is 30.5. The van der Waals surface area contributed by atoms with Crippen molar-refractivity contribution in [2.75, 3.05) is 23.7 Å². The van der Waals surface area contributed by atoms with Gasteiger partial charge in [-0.05, 0) is 63.8 Å². The summed E-state index contributed by atoms with van der Waals surface area (Å²) in [6, 6.07) is 17.1. The van der Waals surface area contributed by atoms with Crippen molar-refractivity contribution >= 4 is 33.4 Å². The zero-order chi connectivity index (χ0) is 27.4. The number of carbonyl (C=O) groups excluding carboxylic acids is 1. The smallest absolute Gasteiger partial charge is 0.243 e. The van der Waals surface area contributed by atoms with Gasteiger partial charge in [0.15, 0.2) is 11.0 Å². The molecule has 1 aliphatic heterocycles. The second-order valence-electron chi connectivity index (χ2n) is 10.6. The molecule has 3 aromatic rings. The van der Waals surface area contributed by atoms with E-state index in [1.165, 1.54) is 11.8 Å². The summed E-state index contributed by atoms with van der Waals surface area (Å²) in [4.78, 5) is 15.5. The van der Waals surface area contributed by atoms with Gasteiger partial charge >= 0.3 is 0 Å². The maximum atomic E-state index is 13.4. The van der Waals surface area contributed by atoms with Crippen LogP contribution in [0.2, 0.25) is 0 Å². The van der Waals surface area contributed by atoms with E-state index in [9.17, 15) is 13.2 Å². The van der Waals surface area contributed by atoms with E-state index in [0.717, 1.165) is 56.2 Å². The molecule has 39 heavy (non-hydrogen) atoms. The van der Waals surface area contributed by atoms with Gasteiger partial charge in [0.2, 0.25) is 15.9 Å². The summed E-state index contributed by atoms with van der Waals surface area (Å²) in [6.07, 6.45) is 7.15. The fourth-order valence-electron chi connectivity index (χ4n) is 5.63. The van der Waals surface area contributed by atoms with E-state index in [-0.39, 0.29) is 23.7 Å². The van der Waals surface area contributed by atoms with Crippen LogP contribution in [0.25, 0.3) is 11.4 Å². The monoisotopic (exact) mass is 567 g/mol. The minimum absolute atomic E-state index is 0.0124. The molecule has 1 saturated carbocycles. The number of carbonyl (C=O) groups is 1. The summed E-state index contributed by atoms with van der Waals surface area (Å²) in [5.41, 5.74) is 1.61. The Bertz CT molecular complexity index is 1380. The Morgan fingerprint density at radius 2 is 1.69 bits per heavy atom. The molecule has 0 atom stereocenters. The standard InChI is InChI=1S/C29H37N5O3S2/c1-22(2)33(24-13-5-3-6-14-24)27(35)21-38-29-31-30-28(34(29)25-15-7-8-16-25)23-12-11-17-26(20-23)39(36,37)32-18-9-4-10-19-32/h3,5-6,11-14,17,20,22,25H,4,7-10,15-16,18-19,21H2,1-2H3. The number of benzene rings is 2. The lowest BCUT2D eigenvalue weighted by atomic mass is 10.2. The highest BCUT2D eigenvalue weighted by Crippen LogP contribution is 2.37. The van der Waals surface area contributed by atoms with Crippen LogP contribution in [-0.4, -0.2) is 58.3 Å². The van der Waals surface area contributed by atoms with E-state index in [0.29, 0.717) is 29.0 Å². The number of aromatic nitrogens is 3. The van der Waals surface area contributed by atoms with Crippen LogP contribution in [0.15, 0.2) is 64.6 Å². The second-order valence-corrected chi connectivity index (χ2v) is 13.5. The average Bonchev–Trinajstić information content (AvgIpc) is 3.63. The largest absolute Gasteiger partial charge is 0.309 e. The SMILES string of the molecule is CC(C)N(C(=O)CSc1nnc(-c2cccc(S(=O)(=O)N3CCCCC3)c2)n1C1CCCC1)c1ccccc1. The Kier molecular flexibility index (Phi) is 8.73. The number of hydrogen-bond acceptors (Lipinski definition) is 6. The molecule has 2 aromatic carbocycles. The van der Waals surface area contributed by atoms with Gasteiger partial charge in [0.25, 0.3) is 0 Å². The lowest BCUT2D eigenvalue weighted by Crippen LogP contribution is -2.38. The maximum Gasteiger partial charge on any atom is 0.243 e. The summed E-state index contributed by atoms with van der Waals surface area (Å²) in [5.74, 6) is 0.913. The molecular weight excluding hydrogens is 530 g/mol. The van der Waals surface area contributed by atoms with Crippen LogP contribution < -0.4 is 4.90 Å². The zero-order valence-electron chi connectivity index (χ0n) is 22.7. The minimum atomic E-state index is -3.56. The van der Waals surface area contributed by atoms with Crippen molar-refractivity contribution in [3.63, 3.8) is 0 Å². The van der Waals surface area contributed by atoms with Gasteiger partial charge in [-0.25, -0.2) is 8.42 Å². The molecule has 1 aromatic heterocycles. The Morgan fingerprint density at radius 3 is 2.38 bits per heavy atom. The number of nitrogens with zero attached hydrogens (tertiary/aromatic N) is 5. The molecule has 0 N–H and O–H groups in total. The number of anilines is 1. The highest BCUT2D eigenvalue weighted by molar-refractivity contribution is 7.99. The van der Waals surface area contributed by atoms with Crippen molar-refractivity contribution in [1.29, 1.82) is 0 Å². The molecule has 0 radical (unpaired) electrons. The van der Waals surface area contributed by atoms with E-state index in [1.807, 2.05) is 55.1 Å². The van der Waals surface area contributed by atoms with Gasteiger partial charge in [0.1, 0.15) is 0 Å². The molecule has 1 amide bonds. The first-order valence-corrected chi connectivity index (χ1v) is 16.3. The fraction of sp³-hybridized carbons (Fsp3) is 0.483. The first kappa shape index (κ1) is 27.9. The van der Waals surface area contributed by atoms with Crippen molar-refractivity contribution < 1.29 is 13.2 Å². The highest BCUT2D eigenvalue weighted by atomic mass is 32.2. The van der Waals surface area contributed by atoms with Gasteiger partial charge in [0.05, 0.1) is 10.6 Å². The van der Waals surface area contributed by atoms with Crippen LogP contribution in [0.5, 0.6) is 0 Å². The fourth-order valence-corrected chi connectivity index (χ4v) is 8.06. The van der Waals surface area contributed by atoms with E-state index in [4.69, 9.17) is 0 Å². The van der Waals surface area contributed by atoms with Crippen LogP contribution in [-0.2, 0) is 14.8 Å². The van der Waals surface area contributed by atoms with Crippen molar-refractivity contribution in [2.24, 2.45) is 0 Å². The second kappa shape index (κ2) is 12.2. The molecule has 0 unspecified atom stereocenters. The summed E-state index contributed by atoms with van der Waals surface area (Å²) in [5, 5.41) is 9.75. The average molecular weight is 568 g/mol. The Hall–Kier alpha value is -2.69. The van der Waals surface area contributed by atoms with Crippen LogP contribution in [0.1, 0.15) is 64.8 Å². The van der Waals surface area contributed by atoms with E-state index in [1.54, 1.807) is 22.5 Å². The number of hydrogen-bond donors (Lipinski definition) is 0. The van der Waals surface area contributed by atoms with E-state index >= 15 is 0 Å². The van der Waals surface area contributed by atoms with Crippen LogP contribution in [0.3, 0.4) is 0 Å². The number of para-hydroxylation sites is 1. The predicted molar refractivity (Wildman–Crippen MR) is 155 cm³/mol. The lowest BCUT2D eigenvalue weighted by molar-refractivity contribution is -0.116. The molecule has 2 heterocycles. The first-order chi connectivity index (χ1) is 18.9. The van der Waals surface area contributed by atoms with E-state index < -0.39 is 10.0 Å². The molecule has 2 fully saturated rings. The molecule has 1 aliphatic carbocycles. The third-order valence-electron chi connectivity index (χ3n) is 7.54. The maximum absolute atomic E-state index is 13.4. The van der Waals surface area contributed by atoms with Gasteiger partial charge in [-0.15, -0.1) is 10.2 Å². The number of rotatable bonds is 9. The molecule has 5 rings (SSSR count). The topological polar surface area (TPSA) is 88.4 Å². The van der Waals surface area contributed by atoms with Gasteiger partial charge in [-0.1, -0.05) is 61.4 Å². The first-order valence-electron chi connectivity index (χ1n) is 13.9. The van der Waals surface area contributed by atoms with Crippen molar-refractivity contribution in [3.05, 3.63) is 54.6 Å². The minimum Gasteiger partial charge on any atom is -0.309 e. The lowest BCUT2D eigenvalue weighted by Gasteiger charge is -2.27. The quantitative estimate of drug-likeness (QED) is 0.305.